The van der Waals surface area contributed by atoms with Crippen LogP contribution in [0.5, 0.6) is 0 Å². The minimum Gasteiger partial charge on any atom is -0.454 e. The van der Waals surface area contributed by atoms with Gasteiger partial charge < -0.3 is 45.1 Å². The third-order valence-corrected chi connectivity index (χ3v) is 16.0. The van der Waals surface area contributed by atoms with Crippen molar-refractivity contribution in [2.75, 3.05) is 13.2 Å². The largest absolute Gasteiger partial charge is 0.454 e. The van der Waals surface area contributed by atoms with E-state index in [9.17, 15) is 35.1 Å². The van der Waals surface area contributed by atoms with Crippen LogP contribution in [0.15, 0.2) is 97.2 Å². The fraction of sp³-hybridized carbons (Fsp3) is 0.757. The predicted molar refractivity (Wildman–Crippen MR) is 356 cm³/mol. The van der Waals surface area contributed by atoms with E-state index < -0.39 is 67.4 Å². The van der Waals surface area contributed by atoms with Crippen molar-refractivity contribution in [3.63, 3.8) is 0 Å². The van der Waals surface area contributed by atoms with Crippen LogP contribution in [0.3, 0.4) is 0 Å². The lowest BCUT2D eigenvalue weighted by Crippen LogP contribution is -2.61. The molecule has 1 fully saturated rings. The second-order valence-electron chi connectivity index (χ2n) is 23.9. The zero-order chi connectivity index (χ0) is 61.7. The van der Waals surface area contributed by atoms with E-state index in [0.29, 0.717) is 12.8 Å². The smallest absolute Gasteiger partial charge is 0.306 e. The monoisotopic (exact) mass is 1190 g/mol. The molecule has 6 N–H and O–H groups in total. The molecule has 1 aliphatic rings. The Morgan fingerprint density at radius 2 is 0.847 bits per heavy atom. The predicted octanol–water partition coefficient (Wildman–Crippen LogP) is 17.8. The number of esters is 1. The van der Waals surface area contributed by atoms with Crippen molar-refractivity contribution >= 4 is 11.9 Å². The van der Waals surface area contributed by atoms with E-state index in [1.165, 1.54) is 154 Å². The summed E-state index contributed by atoms with van der Waals surface area (Å²) in [6.45, 7) is 5.68. The van der Waals surface area contributed by atoms with Gasteiger partial charge in [-0.3, -0.25) is 9.59 Å². The Morgan fingerprint density at radius 1 is 0.471 bits per heavy atom. The summed E-state index contributed by atoms with van der Waals surface area (Å²) in [6, 6.07) is -1.04. The molecular formula is C74H129NO10. The molecule has 8 unspecified atom stereocenters. The van der Waals surface area contributed by atoms with Gasteiger partial charge in [-0.05, 0) is 103 Å². The van der Waals surface area contributed by atoms with Gasteiger partial charge in [-0.15, -0.1) is 0 Å². The number of nitrogens with one attached hydrogen (secondary N) is 1. The molecule has 490 valence electrons. The standard InChI is InChI=1S/C74H129NO10/c1-4-7-10-13-16-19-22-25-27-29-31-33-35-36-38-40-43-46-49-52-55-58-61-67(78)73(82)75-65(66(77)60-57-54-51-48-45-42-24-21-18-15-12-9-6-3)64-83-74-72(71(81)70(80)68(63-76)84-74)85-69(79)62-59-56-53-50-47-44-41-39-37-34-32-30-28-26-23-20-17-14-11-8-5-2/h7,10,16,19,25-28,31,33,36,38,43,46,57,60,65-68,70-72,74,76-78,80-81H,4-6,8-9,11-15,17-18,20-24,29-30,32,34-35,37,39-42,44-45,47-56,58-59,61-64H2,1-3H3,(H,75,82)/b10-7-,19-16-,27-25-,28-26+,33-31-,38-36-,46-43-,60-57+. The molecule has 0 bridgehead atoms. The van der Waals surface area contributed by atoms with Crippen molar-refractivity contribution in [3.05, 3.63) is 97.2 Å². The number of carbonyl (C=O) groups excluding carboxylic acids is 2. The minimum absolute atomic E-state index is 0.116. The number of carbonyl (C=O) groups is 2. The zero-order valence-corrected chi connectivity index (χ0v) is 54.5. The molecule has 85 heavy (non-hydrogen) atoms. The average Bonchev–Trinajstić information content (AvgIpc) is 3.19. The van der Waals surface area contributed by atoms with E-state index in [1.54, 1.807) is 6.08 Å². The quantitative estimate of drug-likeness (QED) is 0.0195. The van der Waals surface area contributed by atoms with Gasteiger partial charge in [-0.25, -0.2) is 0 Å². The van der Waals surface area contributed by atoms with Crippen LogP contribution < -0.4 is 5.32 Å². The molecule has 0 aromatic carbocycles. The Balaban J connectivity index is 2.64. The van der Waals surface area contributed by atoms with Crippen LogP contribution >= 0.6 is 0 Å². The highest BCUT2D eigenvalue weighted by molar-refractivity contribution is 5.80. The van der Waals surface area contributed by atoms with Gasteiger partial charge in [0, 0.05) is 6.42 Å². The normalized spacial score (nSPS) is 19.0. The van der Waals surface area contributed by atoms with Crippen LogP contribution in [0.2, 0.25) is 0 Å². The highest BCUT2D eigenvalue weighted by atomic mass is 16.7. The lowest BCUT2D eigenvalue weighted by atomic mass is 9.99. The van der Waals surface area contributed by atoms with Crippen molar-refractivity contribution in [1.29, 1.82) is 0 Å². The Hall–Kier alpha value is -3.42. The Labute approximate surface area is 520 Å². The van der Waals surface area contributed by atoms with E-state index in [-0.39, 0.29) is 19.4 Å². The molecule has 11 heteroatoms. The fourth-order valence-corrected chi connectivity index (χ4v) is 10.5. The third-order valence-electron chi connectivity index (χ3n) is 16.0. The molecule has 1 amide bonds. The number of hydrogen-bond acceptors (Lipinski definition) is 10. The molecule has 11 nitrogen and oxygen atoms in total. The van der Waals surface area contributed by atoms with Crippen LogP contribution in [0.1, 0.15) is 297 Å². The van der Waals surface area contributed by atoms with Crippen molar-refractivity contribution < 1.29 is 49.3 Å². The summed E-state index contributed by atoms with van der Waals surface area (Å²) < 4.78 is 17.7. The second kappa shape index (κ2) is 60.8. The topological polar surface area (TPSA) is 175 Å². The summed E-state index contributed by atoms with van der Waals surface area (Å²) in [6.07, 6.45) is 71.5. The maximum absolute atomic E-state index is 13.5. The number of rotatable bonds is 59. The minimum atomic E-state index is -1.62. The summed E-state index contributed by atoms with van der Waals surface area (Å²) >= 11 is 0. The Bertz CT molecular complexity index is 1750. The number of allylic oxidation sites excluding steroid dienone is 15. The van der Waals surface area contributed by atoms with Crippen molar-refractivity contribution in [3.8, 4) is 0 Å². The molecular weight excluding hydrogens is 1060 g/mol. The van der Waals surface area contributed by atoms with E-state index in [0.717, 1.165) is 96.3 Å². The molecule has 0 aromatic heterocycles. The molecule has 0 spiro atoms. The first-order valence-corrected chi connectivity index (χ1v) is 35.0. The summed E-state index contributed by atoms with van der Waals surface area (Å²) in [5, 5.41) is 57.2. The van der Waals surface area contributed by atoms with Gasteiger partial charge in [0.2, 0.25) is 5.91 Å². The highest BCUT2D eigenvalue weighted by Crippen LogP contribution is 2.26. The third kappa shape index (κ3) is 48.2. The summed E-state index contributed by atoms with van der Waals surface area (Å²) in [4.78, 5) is 26.7. The van der Waals surface area contributed by atoms with Gasteiger partial charge in [0.25, 0.3) is 0 Å². The number of aliphatic hydroxyl groups excluding tert-OH is 5. The van der Waals surface area contributed by atoms with Crippen molar-refractivity contribution in [2.24, 2.45) is 0 Å². The number of amides is 1. The SMILES string of the molecule is CC/C=C\C/C=C\C/C=C\C/C=C\C/C=C\C/C=C\CCCCCC(O)C(=O)NC(COC1OC(CO)C(O)C(O)C1OC(=O)CCCCCCCCCCCCC/C=C/CCCCCCCC)C(O)/C=C/CCCCCCCCCCCCC. The van der Waals surface area contributed by atoms with E-state index >= 15 is 0 Å². The average molecular weight is 1190 g/mol. The van der Waals surface area contributed by atoms with Crippen molar-refractivity contribution in [2.45, 2.75) is 346 Å². The van der Waals surface area contributed by atoms with Gasteiger partial charge in [-0.1, -0.05) is 285 Å². The Morgan fingerprint density at radius 3 is 1.28 bits per heavy atom. The highest BCUT2D eigenvalue weighted by Gasteiger charge is 2.47. The van der Waals surface area contributed by atoms with Crippen LogP contribution in [0.4, 0.5) is 0 Å². The number of aliphatic hydroxyl groups is 5. The lowest BCUT2D eigenvalue weighted by molar-refractivity contribution is -0.305. The Kier molecular flexibility index (Phi) is 57.0. The fourth-order valence-electron chi connectivity index (χ4n) is 10.5. The number of unbranched alkanes of at least 4 members (excludes halogenated alkanes) is 31. The van der Waals surface area contributed by atoms with Crippen LogP contribution in [-0.4, -0.2) is 99.6 Å². The summed E-state index contributed by atoms with van der Waals surface area (Å²) in [5.41, 5.74) is 0. The molecule has 1 aliphatic heterocycles. The van der Waals surface area contributed by atoms with Gasteiger partial charge in [-0.2, -0.15) is 0 Å². The number of ether oxygens (including phenoxy) is 3. The molecule has 0 aliphatic carbocycles. The molecule has 0 radical (unpaired) electrons. The van der Waals surface area contributed by atoms with Gasteiger partial charge >= 0.3 is 5.97 Å². The second-order valence-corrected chi connectivity index (χ2v) is 23.9. The molecule has 1 heterocycles. The molecule has 0 aromatic rings. The summed E-state index contributed by atoms with van der Waals surface area (Å²) in [5.74, 6) is -1.22. The van der Waals surface area contributed by atoms with Crippen LogP contribution in [-0.2, 0) is 23.8 Å². The molecule has 1 saturated heterocycles. The molecule has 1 rings (SSSR count). The van der Waals surface area contributed by atoms with E-state index in [1.807, 2.05) is 6.08 Å². The molecule has 8 atom stereocenters. The van der Waals surface area contributed by atoms with E-state index in [2.05, 4.69) is 111 Å². The number of hydrogen-bond donors (Lipinski definition) is 6. The van der Waals surface area contributed by atoms with Crippen LogP contribution in [0, 0.1) is 0 Å². The maximum Gasteiger partial charge on any atom is 0.306 e. The summed E-state index contributed by atoms with van der Waals surface area (Å²) in [7, 11) is 0. The van der Waals surface area contributed by atoms with Gasteiger partial charge in [0.1, 0.15) is 24.4 Å². The van der Waals surface area contributed by atoms with Crippen molar-refractivity contribution in [1.82, 2.24) is 5.32 Å². The first-order valence-electron chi connectivity index (χ1n) is 35.0. The maximum atomic E-state index is 13.5. The van der Waals surface area contributed by atoms with Gasteiger partial charge in [0.05, 0.1) is 25.4 Å². The van der Waals surface area contributed by atoms with E-state index in [4.69, 9.17) is 14.2 Å². The first kappa shape index (κ1) is 79.6. The van der Waals surface area contributed by atoms with Gasteiger partial charge in [0.15, 0.2) is 12.4 Å². The molecule has 0 saturated carbocycles. The van der Waals surface area contributed by atoms with Crippen LogP contribution in [0.25, 0.3) is 0 Å². The lowest BCUT2D eigenvalue weighted by Gasteiger charge is -2.41. The zero-order valence-electron chi connectivity index (χ0n) is 54.5. The first-order chi connectivity index (χ1) is 41.7.